The summed E-state index contributed by atoms with van der Waals surface area (Å²) in [7, 11) is 0. The van der Waals surface area contributed by atoms with Gasteiger partial charge in [-0.3, -0.25) is 4.90 Å². The van der Waals surface area contributed by atoms with Crippen LogP contribution in [-0.2, 0) is 17.6 Å². The van der Waals surface area contributed by atoms with Crippen LogP contribution < -0.4 is 0 Å². The van der Waals surface area contributed by atoms with E-state index in [0.717, 1.165) is 44.8 Å². The van der Waals surface area contributed by atoms with Crippen molar-refractivity contribution < 1.29 is 4.74 Å². The van der Waals surface area contributed by atoms with E-state index in [-0.39, 0.29) is 0 Å². The molecular weight excluding hydrogens is 226 g/mol. The zero-order chi connectivity index (χ0) is 11.9. The number of nitrogens with one attached hydrogen (secondary N) is 1. The van der Waals surface area contributed by atoms with Crippen LogP contribution in [0.25, 0.3) is 11.0 Å². The van der Waals surface area contributed by atoms with E-state index in [1.165, 1.54) is 16.6 Å². The van der Waals surface area contributed by atoms with Crippen molar-refractivity contribution in [3.05, 3.63) is 29.6 Å². The molecule has 4 nitrogen and oxygen atoms in total. The molecule has 4 heterocycles. The van der Waals surface area contributed by atoms with E-state index in [0.29, 0.717) is 6.04 Å². The highest BCUT2D eigenvalue weighted by atomic mass is 16.5. The third-order valence-electron chi connectivity index (χ3n) is 4.20. The van der Waals surface area contributed by atoms with E-state index in [1.807, 2.05) is 12.3 Å². The number of rotatable bonds is 1. The molecule has 2 aliphatic rings. The van der Waals surface area contributed by atoms with Crippen LogP contribution in [0.15, 0.2) is 18.3 Å². The van der Waals surface area contributed by atoms with Gasteiger partial charge in [-0.15, -0.1) is 0 Å². The Balaban J connectivity index is 1.65. The summed E-state index contributed by atoms with van der Waals surface area (Å²) in [5.74, 6) is 0. The van der Waals surface area contributed by atoms with Crippen molar-refractivity contribution >= 4 is 11.0 Å². The number of hydrogen-bond donors (Lipinski definition) is 1. The van der Waals surface area contributed by atoms with Crippen LogP contribution in [0.1, 0.15) is 11.3 Å². The van der Waals surface area contributed by atoms with E-state index in [2.05, 4.69) is 20.9 Å². The fourth-order valence-electron chi connectivity index (χ4n) is 3.05. The fraction of sp³-hybridized carbons (Fsp3) is 0.500. The Morgan fingerprint density at radius 1 is 1.28 bits per heavy atom. The van der Waals surface area contributed by atoms with Crippen molar-refractivity contribution in [3.8, 4) is 0 Å². The summed E-state index contributed by atoms with van der Waals surface area (Å²) < 4.78 is 5.30. The predicted octanol–water partition coefficient (Wildman–Crippen LogP) is 1.36. The van der Waals surface area contributed by atoms with Gasteiger partial charge < -0.3 is 9.72 Å². The lowest BCUT2D eigenvalue weighted by atomic mass is 10.1. The molecule has 0 bridgehead atoms. The highest BCUT2D eigenvalue weighted by Gasteiger charge is 2.28. The molecule has 0 aromatic carbocycles. The fourth-order valence-corrected chi connectivity index (χ4v) is 3.05. The quantitative estimate of drug-likeness (QED) is 0.822. The number of aromatic nitrogens is 2. The third kappa shape index (κ3) is 1.56. The first kappa shape index (κ1) is 10.5. The molecule has 0 amide bonds. The second-order valence-corrected chi connectivity index (χ2v) is 5.21. The van der Waals surface area contributed by atoms with Gasteiger partial charge in [0.15, 0.2) is 0 Å². The van der Waals surface area contributed by atoms with Crippen molar-refractivity contribution in [3.63, 3.8) is 0 Å². The molecule has 4 heteroatoms. The molecule has 0 spiro atoms. The maximum Gasteiger partial charge on any atom is 0.137 e. The first-order valence-electron chi connectivity index (χ1n) is 6.68. The van der Waals surface area contributed by atoms with Crippen molar-refractivity contribution in [1.29, 1.82) is 0 Å². The molecule has 0 unspecified atom stereocenters. The minimum Gasteiger partial charge on any atom is -0.378 e. The van der Waals surface area contributed by atoms with Gasteiger partial charge in [0.2, 0.25) is 0 Å². The van der Waals surface area contributed by atoms with Crippen LogP contribution in [-0.4, -0.2) is 47.2 Å². The molecule has 18 heavy (non-hydrogen) atoms. The number of aromatic amines is 1. The van der Waals surface area contributed by atoms with Crippen LogP contribution >= 0.6 is 0 Å². The summed E-state index contributed by atoms with van der Waals surface area (Å²) >= 11 is 0. The SMILES string of the molecule is c1cnc2[nH]c3c(c2c1)CCN(C1COC1)CC3. The van der Waals surface area contributed by atoms with Gasteiger partial charge in [-0.05, 0) is 24.1 Å². The number of pyridine rings is 1. The zero-order valence-electron chi connectivity index (χ0n) is 10.4. The molecule has 1 N–H and O–H groups in total. The maximum absolute atomic E-state index is 5.30. The maximum atomic E-state index is 5.30. The van der Waals surface area contributed by atoms with Gasteiger partial charge in [0, 0.05) is 36.8 Å². The van der Waals surface area contributed by atoms with Crippen LogP contribution in [0.5, 0.6) is 0 Å². The number of fused-ring (bicyclic) bond motifs is 3. The molecule has 2 aromatic heterocycles. The smallest absolute Gasteiger partial charge is 0.137 e. The first-order valence-corrected chi connectivity index (χ1v) is 6.68. The van der Waals surface area contributed by atoms with Gasteiger partial charge in [-0.25, -0.2) is 4.98 Å². The summed E-state index contributed by atoms with van der Waals surface area (Å²) in [5.41, 5.74) is 3.90. The Morgan fingerprint density at radius 3 is 3.00 bits per heavy atom. The minimum absolute atomic E-state index is 0.651. The molecule has 0 aliphatic carbocycles. The van der Waals surface area contributed by atoms with Gasteiger partial charge in [-0.1, -0.05) is 0 Å². The van der Waals surface area contributed by atoms with E-state index < -0.39 is 0 Å². The largest absolute Gasteiger partial charge is 0.378 e. The van der Waals surface area contributed by atoms with Crippen LogP contribution in [0, 0.1) is 0 Å². The van der Waals surface area contributed by atoms with Crippen molar-refractivity contribution in [2.75, 3.05) is 26.3 Å². The standard InChI is InChI=1S/C14H17N3O/c1-2-12-11-3-6-17(10-8-18-9-10)7-4-13(11)16-14(12)15-5-1/h1-2,5,10H,3-4,6-9H2,(H,15,16). The number of nitrogens with zero attached hydrogens (tertiary/aromatic N) is 2. The Labute approximate surface area is 106 Å². The molecule has 2 aromatic rings. The number of H-pyrrole nitrogens is 1. The predicted molar refractivity (Wildman–Crippen MR) is 69.7 cm³/mol. The van der Waals surface area contributed by atoms with Crippen molar-refractivity contribution in [2.24, 2.45) is 0 Å². The summed E-state index contributed by atoms with van der Waals surface area (Å²) in [4.78, 5) is 10.5. The highest BCUT2D eigenvalue weighted by Crippen LogP contribution is 2.25. The van der Waals surface area contributed by atoms with E-state index in [9.17, 15) is 0 Å². The molecule has 94 valence electrons. The van der Waals surface area contributed by atoms with Gasteiger partial charge in [0.05, 0.1) is 19.3 Å². The lowest BCUT2D eigenvalue weighted by molar-refractivity contribution is -0.0634. The van der Waals surface area contributed by atoms with E-state index >= 15 is 0 Å². The van der Waals surface area contributed by atoms with Crippen LogP contribution in [0.4, 0.5) is 0 Å². The second kappa shape index (κ2) is 4.07. The summed E-state index contributed by atoms with van der Waals surface area (Å²) in [5, 5.41) is 1.30. The molecule has 0 radical (unpaired) electrons. The topological polar surface area (TPSA) is 41.2 Å². The van der Waals surface area contributed by atoms with E-state index in [4.69, 9.17) is 4.74 Å². The summed E-state index contributed by atoms with van der Waals surface area (Å²) in [6, 6.07) is 4.86. The number of hydrogen-bond acceptors (Lipinski definition) is 3. The van der Waals surface area contributed by atoms with Crippen LogP contribution in [0.2, 0.25) is 0 Å². The van der Waals surface area contributed by atoms with Crippen molar-refractivity contribution in [1.82, 2.24) is 14.9 Å². The summed E-state index contributed by atoms with van der Waals surface area (Å²) in [6.07, 6.45) is 4.08. The van der Waals surface area contributed by atoms with Gasteiger partial charge in [-0.2, -0.15) is 0 Å². The Hall–Kier alpha value is -1.39. The number of ether oxygens (including phenoxy) is 1. The molecule has 2 aliphatic heterocycles. The van der Waals surface area contributed by atoms with E-state index in [1.54, 1.807) is 0 Å². The molecular formula is C14H17N3O. The molecule has 1 saturated heterocycles. The normalized spacial score (nSPS) is 21.6. The minimum atomic E-state index is 0.651. The molecule has 0 saturated carbocycles. The molecule has 1 fully saturated rings. The lowest BCUT2D eigenvalue weighted by Gasteiger charge is -2.36. The zero-order valence-corrected chi connectivity index (χ0v) is 10.4. The lowest BCUT2D eigenvalue weighted by Crippen LogP contribution is -2.49. The second-order valence-electron chi connectivity index (χ2n) is 5.21. The van der Waals surface area contributed by atoms with Crippen molar-refractivity contribution in [2.45, 2.75) is 18.9 Å². The third-order valence-corrected chi connectivity index (χ3v) is 4.20. The molecule has 0 atom stereocenters. The van der Waals surface area contributed by atoms with Gasteiger partial charge >= 0.3 is 0 Å². The molecule has 4 rings (SSSR count). The van der Waals surface area contributed by atoms with Crippen LogP contribution in [0.3, 0.4) is 0 Å². The average Bonchev–Trinajstić information content (AvgIpc) is 2.56. The Bertz CT molecular complexity index is 573. The Kier molecular flexibility index (Phi) is 2.38. The summed E-state index contributed by atoms with van der Waals surface area (Å²) in [6.45, 7) is 4.10. The van der Waals surface area contributed by atoms with Gasteiger partial charge in [0.25, 0.3) is 0 Å². The monoisotopic (exact) mass is 243 g/mol. The Morgan fingerprint density at radius 2 is 2.17 bits per heavy atom. The highest BCUT2D eigenvalue weighted by molar-refractivity contribution is 5.81. The van der Waals surface area contributed by atoms with Gasteiger partial charge in [0.1, 0.15) is 5.65 Å². The first-order chi connectivity index (χ1) is 8.92. The average molecular weight is 243 g/mol.